The summed E-state index contributed by atoms with van der Waals surface area (Å²) in [6.45, 7) is 0.878. The van der Waals surface area contributed by atoms with E-state index in [1.54, 1.807) is 4.90 Å². The van der Waals surface area contributed by atoms with Gasteiger partial charge in [0.15, 0.2) is 11.6 Å². The smallest absolute Gasteiger partial charge is 0.313 e. The van der Waals surface area contributed by atoms with E-state index in [2.05, 4.69) is 10.1 Å². The van der Waals surface area contributed by atoms with Gasteiger partial charge in [-0.05, 0) is 29.2 Å². The minimum atomic E-state index is -1.81. The van der Waals surface area contributed by atoms with Crippen LogP contribution in [0.3, 0.4) is 0 Å². The van der Waals surface area contributed by atoms with E-state index < -0.39 is 41.4 Å². The van der Waals surface area contributed by atoms with Gasteiger partial charge in [-0.25, -0.2) is 8.78 Å². The van der Waals surface area contributed by atoms with Crippen LogP contribution in [0, 0.1) is 23.3 Å². The zero-order valence-corrected chi connectivity index (χ0v) is 24.3. The van der Waals surface area contributed by atoms with E-state index in [0.717, 1.165) is 22.4 Å². The molecule has 0 bridgehead atoms. The Labute approximate surface area is 257 Å². The Kier molecular flexibility index (Phi) is 12.2. The minimum Gasteiger partial charge on any atom is -0.420 e. The molecule has 0 saturated heterocycles. The molecule has 1 heterocycles. The predicted molar refractivity (Wildman–Crippen MR) is 158 cm³/mol. The summed E-state index contributed by atoms with van der Waals surface area (Å²) in [7, 11) is 0. The quantitative estimate of drug-likeness (QED) is 0.0825. The summed E-state index contributed by atoms with van der Waals surface area (Å²) in [5.74, 6) is -9.87. The van der Waals surface area contributed by atoms with Crippen LogP contribution in [0.15, 0.2) is 54.6 Å². The molecule has 4 rings (SSSR count). The number of para-hydroxylation sites is 1. The number of carbonyl (C=O) groups is 3. The lowest BCUT2D eigenvalue weighted by Crippen LogP contribution is -2.32. The van der Waals surface area contributed by atoms with Gasteiger partial charge in [-0.15, -0.1) is 0 Å². The van der Waals surface area contributed by atoms with Gasteiger partial charge in [-0.1, -0.05) is 54.6 Å². The number of amides is 2. The van der Waals surface area contributed by atoms with Crippen LogP contribution in [0.5, 0.6) is 5.75 Å². The van der Waals surface area contributed by atoms with Gasteiger partial charge in [-0.3, -0.25) is 14.4 Å². The van der Waals surface area contributed by atoms with Gasteiger partial charge < -0.3 is 24.4 Å². The molecule has 0 saturated carbocycles. The van der Waals surface area contributed by atoms with Gasteiger partial charge in [0.05, 0.1) is 45.1 Å². The molecule has 0 unspecified atom stereocenters. The first kappa shape index (κ1) is 33.3. The lowest BCUT2D eigenvalue weighted by Gasteiger charge is -2.27. The number of fused-ring (bicyclic) bond motifs is 2. The van der Waals surface area contributed by atoms with E-state index in [-0.39, 0.29) is 63.7 Å². The van der Waals surface area contributed by atoms with Crippen molar-refractivity contribution in [3.05, 3.63) is 94.6 Å². The highest BCUT2D eigenvalue weighted by atomic mass is 19.2. The van der Waals surface area contributed by atoms with Crippen molar-refractivity contribution in [3.8, 4) is 5.75 Å². The van der Waals surface area contributed by atoms with Gasteiger partial charge in [-0.2, -0.15) is 8.78 Å². The largest absolute Gasteiger partial charge is 0.420 e. The third kappa shape index (κ3) is 9.47. The molecular weight excluding hydrogens is 596 g/mol. The van der Waals surface area contributed by atoms with Crippen LogP contribution in [-0.4, -0.2) is 50.8 Å². The maximum Gasteiger partial charge on any atom is 0.313 e. The van der Waals surface area contributed by atoms with Crippen LogP contribution in [0.1, 0.15) is 42.4 Å². The fraction of sp³-hybridized carbons (Fsp3) is 0.303. The van der Waals surface area contributed by atoms with Crippen molar-refractivity contribution < 1.29 is 46.2 Å². The number of hydrogen-bond donors (Lipinski definition) is 1. The molecule has 45 heavy (non-hydrogen) atoms. The fourth-order valence-electron chi connectivity index (χ4n) is 4.54. The second-order valence-corrected chi connectivity index (χ2v) is 10.0. The monoisotopic (exact) mass is 628 g/mol. The van der Waals surface area contributed by atoms with Crippen molar-refractivity contribution >= 4 is 35.6 Å². The highest BCUT2D eigenvalue weighted by molar-refractivity contribution is 5.97. The molecule has 238 valence electrons. The Bertz CT molecular complexity index is 1520. The predicted octanol–water partition coefficient (Wildman–Crippen LogP) is 5.58. The second kappa shape index (κ2) is 16.5. The maximum absolute atomic E-state index is 13.6. The average Bonchev–Trinajstić information content (AvgIpc) is 3.02. The topological polar surface area (TPSA) is 94.2 Å². The molecule has 1 N–H and O–H groups in total. The summed E-state index contributed by atoms with van der Waals surface area (Å²) in [4.78, 5) is 39.0. The van der Waals surface area contributed by atoms with Gasteiger partial charge in [0.2, 0.25) is 29.2 Å². The standard InChI is InChI=1S/C33H32F4N2O6/c34-25-20-26(35)32(37)33(31(25)36)45-30(42)14-16-43-18-19-44-17-15-38-28(40)10-5-11-29(41)39-21-24-8-2-1-6-22(24)12-13-23-7-3-4-9-27(23)39/h1-4,6-9,12-13,20H,5,10-11,14-19,21H2,(H,38,40)/b13-12-. The van der Waals surface area contributed by atoms with Crippen molar-refractivity contribution in [3.63, 3.8) is 0 Å². The molecule has 8 nitrogen and oxygen atoms in total. The molecule has 3 aromatic rings. The average molecular weight is 629 g/mol. The maximum atomic E-state index is 13.6. The molecule has 0 atom stereocenters. The molecule has 3 aromatic carbocycles. The summed E-state index contributed by atoms with van der Waals surface area (Å²) < 4.78 is 68.4. The first-order valence-corrected chi connectivity index (χ1v) is 14.4. The van der Waals surface area contributed by atoms with E-state index in [0.29, 0.717) is 13.0 Å². The van der Waals surface area contributed by atoms with Gasteiger partial charge in [0.1, 0.15) is 0 Å². The summed E-state index contributed by atoms with van der Waals surface area (Å²) in [5.41, 5.74) is 3.85. The highest BCUT2D eigenvalue weighted by Crippen LogP contribution is 2.30. The Morgan fingerprint density at radius 3 is 2.16 bits per heavy atom. The van der Waals surface area contributed by atoms with E-state index in [1.165, 1.54) is 0 Å². The van der Waals surface area contributed by atoms with E-state index in [1.807, 2.05) is 60.7 Å². The normalized spacial score (nSPS) is 12.8. The van der Waals surface area contributed by atoms with Gasteiger partial charge in [0, 0.05) is 25.5 Å². The Balaban J connectivity index is 1.08. The van der Waals surface area contributed by atoms with Crippen LogP contribution in [-0.2, 0) is 30.4 Å². The third-order valence-corrected chi connectivity index (χ3v) is 6.83. The summed E-state index contributed by atoms with van der Waals surface area (Å²) in [6.07, 6.45) is 4.38. The molecule has 2 amide bonds. The number of hydrogen-bond acceptors (Lipinski definition) is 6. The van der Waals surface area contributed by atoms with Crippen LogP contribution >= 0.6 is 0 Å². The van der Waals surface area contributed by atoms with Crippen LogP contribution in [0.25, 0.3) is 12.2 Å². The van der Waals surface area contributed by atoms with Crippen molar-refractivity contribution in [1.82, 2.24) is 5.32 Å². The number of nitrogens with one attached hydrogen (secondary N) is 1. The first-order valence-electron chi connectivity index (χ1n) is 14.4. The zero-order chi connectivity index (χ0) is 32.2. The van der Waals surface area contributed by atoms with E-state index >= 15 is 0 Å². The van der Waals surface area contributed by atoms with Crippen LogP contribution in [0.4, 0.5) is 23.2 Å². The number of ether oxygens (including phenoxy) is 3. The highest BCUT2D eigenvalue weighted by Gasteiger charge is 2.23. The molecule has 0 radical (unpaired) electrons. The number of benzene rings is 3. The lowest BCUT2D eigenvalue weighted by atomic mass is 10.0. The summed E-state index contributed by atoms with van der Waals surface area (Å²) in [5, 5.41) is 2.73. The Morgan fingerprint density at radius 1 is 0.756 bits per heavy atom. The van der Waals surface area contributed by atoms with E-state index in [9.17, 15) is 31.9 Å². The number of nitrogens with zero attached hydrogens (tertiary/aromatic N) is 1. The SMILES string of the molecule is O=C(CCCC(=O)N1Cc2ccccc2/C=C\c2ccccc21)NCCOCCOCCC(=O)Oc1c(F)c(F)cc(F)c1F. The zero-order valence-electron chi connectivity index (χ0n) is 24.3. The van der Waals surface area contributed by atoms with Crippen molar-refractivity contribution in [2.24, 2.45) is 0 Å². The Hall–Kier alpha value is -4.55. The minimum absolute atomic E-state index is 0.00868. The number of esters is 1. The van der Waals surface area contributed by atoms with Crippen molar-refractivity contribution in [2.45, 2.75) is 32.2 Å². The molecule has 0 aromatic heterocycles. The van der Waals surface area contributed by atoms with Gasteiger partial charge in [0.25, 0.3) is 0 Å². The molecular formula is C33H32F4N2O6. The second-order valence-electron chi connectivity index (χ2n) is 10.0. The van der Waals surface area contributed by atoms with Crippen molar-refractivity contribution in [1.29, 1.82) is 0 Å². The van der Waals surface area contributed by atoms with Gasteiger partial charge >= 0.3 is 5.97 Å². The molecule has 1 aliphatic heterocycles. The fourth-order valence-corrected chi connectivity index (χ4v) is 4.54. The number of rotatable bonds is 14. The van der Waals surface area contributed by atoms with Crippen molar-refractivity contribution in [2.75, 3.05) is 37.9 Å². The number of anilines is 1. The van der Waals surface area contributed by atoms with E-state index in [4.69, 9.17) is 9.47 Å². The van der Waals surface area contributed by atoms with Crippen LogP contribution < -0.4 is 15.0 Å². The first-order chi connectivity index (χ1) is 21.7. The summed E-state index contributed by atoms with van der Waals surface area (Å²) >= 11 is 0. The summed E-state index contributed by atoms with van der Waals surface area (Å²) in [6, 6.07) is 15.6. The number of carbonyl (C=O) groups excluding carboxylic acids is 3. The molecule has 0 fully saturated rings. The van der Waals surface area contributed by atoms with Crippen LogP contribution in [0.2, 0.25) is 0 Å². The molecule has 0 spiro atoms. The third-order valence-electron chi connectivity index (χ3n) is 6.83. The molecule has 12 heteroatoms. The molecule has 0 aliphatic carbocycles. The lowest BCUT2D eigenvalue weighted by molar-refractivity contribution is -0.136. The Morgan fingerprint density at radius 2 is 1.40 bits per heavy atom. The molecule has 1 aliphatic rings. The number of halogens is 4.